The predicted octanol–water partition coefficient (Wildman–Crippen LogP) is 3.96. The lowest BCUT2D eigenvalue weighted by molar-refractivity contribution is 0.0984. The van der Waals surface area contributed by atoms with E-state index in [4.69, 9.17) is 14.7 Å². The molecule has 1 aromatic heterocycles. The van der Waals surface area contributed by atoms with Crippen LogP contribution in [0.25, 0.3) is 11.4 Å². The highest BCUT2D eigenvalue weighted by molar-refractivity contribution is 8.24. The summed E-state index contributed by atoms with van der Waals surface area (Å²) in [6.07, 6.45) is 0. The number of nitrogens with zero attached hydrogens (tertiary/aromatic N) is 3. The molecule has 9 nitrogen and oxygen atoms in total. The third-order valence-electron chi connectivity index (χ3n) is 6.14. The zero-order valence-electron chi connectivity index (χ0n) is 19.0. The van der Waals surface area contributed by atoms with E-state index in [1.807, 2.05) is 0 Å². The van der Waals surface area contributed by atoms with Gasteiger partial charge in [0.2, 0.25) is 0 Å². The molecule has 1 fully saturated rings. The molecule has 33 heavy (non-hydrogen) atoms. The number of carbonyl (C=O) groups excluding carboxylic acids is 1. The van der Waals surface area contributed by atoms with Crippen LogP contribution in [0.5, 0.6) is 0 Å². The van der Waals surface area contributed by atoms with E-state index in [1.54, 1.807) is 38.1 Å². The minimum absolute atomic E-state index is 0.0510. The van der Waals surface area contributed by atoms with E-state index in [0.717, 1.165) is 11.1 Å². The van der Waals surface area contributed by atoms with Crippen LogP contribution in [-0.4, -0.2) is 64.1 Å². The molecular weight excluding hydrogens is 449 g/mol. The second-order valence-corrected chi connectivity index (χ2v) is 11.4. The van der Waals surface area contributed by atoms with Gasteiger partial charge in [0.25, 0.3) is 0 Å². The molecule has 1 atom stereocenters. The number of carbonyl (C=O) groups is 1. The van der Waals surface area contributed by atoms with Gasteiger partial charge in [-0.3, -0.25) is 9.11 Å². The van der Waals surface area contributed by atoms with Crippen LogP contribution in [-0.2, 0) is 15.2 Å². The van der Waals surface area contributed by atoms with Crippen molar-refractivity contribution < 1.29 is 23.0 Å². The number of aromatic nitrogens is 2. The average molecular weight is 480 g/mol. The van der Waals surface area contributed by atoms with Gasteiger partial charge in [-0.1, -0.05) is 0 Å². The molecule has 1 unspecified atom stereocenters. The molecule has 0 aliphatic carbocycles. The number of nitrogens with one attached hydrogen (secondary N) is 2. The molecule has 3 heterocycles. The van der Waals surface area contributed by atoms with Crippen LogP contribution in [0.15, 0.2) is 24.3 Å². The summed E-state index contributed by atoms with van der Waals surface area (Å²) in [4.78, 5) is 23.5. The van der Waals surface area contributed by atoms with Gasteiger partial charge in [-0.05, 0) is 45.0 Å². The molecule has 1 aromatic carbocycles. The minimum Gasteiger partial charge on any atom is -0.377 e. The summed E-state index contributed by atoms with van der Waals surface area (Å²) in [7, 11) is -2.93. The van der Waals surface area contributed by atoms with E-state index >= 15 is 0 Å². The van der Waals surface area contributed by atoms with Crippen molar-refractivity contribution in [3.63, 3.8) is 0 Å². The summed E-state index contributed by atoms with van der Waals surface area (Å²) < 4.78 is 38.6. The Morgan fingerprint density at radius 1 is 1.30 bits per heavy atom. The molecule has 0 saturated carbocycles. The second-order valence-electron chi connectivity index (χ2n) is 8.78. The Balaban J connectivity index is 1.71. The van der Waals surface area contributed by atoms with Crippen molar-refractivity contribution in [3.8, 4) is 11.4 Å². The molecule has 2 aromatic rings. The van der Waals surface area contributed by atoms with E-state index < -0.39 is 28.0 Å². The first kappa shape index (κ1) is 23.7. The number of benzene rings is 1. The molecule has 2 aliphatic rings. The van der Waals surface area contributed by atoms with Gasteiger partial charge >= 0.3 is 6.03 Å². The number of rotatable bonds is 5. The maximum absolute atomic E-state index is 12.2. The quantitative estimate of drug-likeness (QED) is 0.512. The van der Waals surface area contributed by atoms with Gasteiger partial charge in [-0.2, -0.15) is 10.6 Å². The van der Waals surface area contributed by atoms with Crippen LogP contribution >= 0.6 is 10.6 Å². The van der Waals surface area contributed by atoms with Gasteiger partial charge in [0.15, 0.2) is 5.82 Å². The van der Waals surface area contributed by atoms with Gasteiger partial charge in [-0.25, -0.2) is 19.2 Å². The number of ether oxygens (including phenoxy) is 1. The lowest BCUT2D eigenvalue weighted by atomic mass is 10.0. The molecular formula is C22H30FN5O4S. The molecule has 4 N–H and O–H groups in total. The molecule has 180 valence electrons. The first-order valence-corrected chi connectivity index (χ1v) is 12.6. The van der Waals surface area contributed by atoms with Crippen molar-refractivity contribution in [1.29, 1.82) is 0 Å². The number of amides is 2. The average Bonchev–Trinajstić information content (AvgIpc) is 2.96. The number of fused-ring (bicyclic) bond motifs is 1. The number of hydrogen-bond acceptors (Lipinski definition) is 7. The van der Waals surface area contributed by atoms with Gasteiger partial charge in [0.1, 0.15) is 12.5 Å². The number of hydrogen-bond donors (Lipinski definition) is 4. The zero-order valence-corrected chi connectivity index (χ0v) is 19.8. The third kappa shape index (κ3) is 4.50. The maximum Gasteiger partial charge on any atom is 0.319 e. The Labute approximate surface area is 194 Å². The van der Waals surface area contributed by atoms with E-state index in [2.05, 4.69) is 22.5 Å². The lowest BCUT2D eigenvalue weighted by Gasteiger charge is -2.40. The van der Waals surface area contributed by atoms with Crippen LogP contribution in [0.4, 0.5) is 20.7 Å². The third-order valence-corrected chi connectivity index (χ3v) is 8.66. The van der Waals surface area contributed by atoms with Crippen molar-refractivity contribution in [3.05, 3.63) is 35.5 Å². The van der Waals surface area contributed by atoms with Crippen LogP contribution in [0.1, 0.15) is 32.0 Å². The number of alkyl halides is 1. The minimum atomic E-state index is -2.93. The summed E-state index contributed by atoms with van der Waals surface area (Å²) in [6.45, 7) is 6.78. The van der Waals surface area contributed by atoms with Crippen LogP contribution in [0, 0.1) is 0 Å². The molecule has 2 aliphatic heterocycles. The highest BCUT2D eigenvalue weighted by atomic mass is 32.3. The first-order chi connectivity index (χ1) is 15.6. The maximum atomic E-state index is 12.2. The molecule has 11 heteroatoms. The molecule has 0 bridgehead atoms. The van der Waals surface area contributed by atoms with Crippen LogP contribution in [0.2, 0.25) is 0 Å². The van der Waals surface area contributed by atoms with Gasteiger partial charge < -0.3 is 20.3 Å². The van der Waals surface area contributed by atoms with Crippen LogP contribution in [0.3, 0.4) is 0 Å². The van der Waals surface area contributed by atoms with Gasteiger partial charge in [0, 0.05) is 29.9 Å². The Kier molecular flexibility index (Phi) is 6.50. The van der Waals surface area contributed by atoms with Crippen molar-refractivity contribution in [2.45, 2.75) is 37.3 Å². The first-order valence-electron chi connectivity index (χ1n) is 10.9. The highest BCUT2D eigenvalue weighted by Gasteiger charge is 2.48. The monoisotopic (exact) mass is 479 g/mol. The zero-order chi connectivity index (χ0) is 23.8. The van der Waals surface area contributed by atoms with E-state index in [0.29, 0.717) is 42.8 Å². The Hall–Kier alpha value is -2.47. The summed E-state index contributed by atoms with van der Waals surface area (Å²) in [5.41, 5.74) is 2.70. The van der Waals surface area contributed by atoms with Gasteiger partial charge in [0.05, 0.1) is 35.4 Å². The van der Waals surface area contributed by atoms with Crippen LogP contribution < -0.4 is 15.5 Å². The molecule has 4 rings (SSSR count). The van der Waals surface area contributed by atoms with Crippen molar-refractivity contribution >= 4 is 28.1 Å². The predicted molar refractivity (Wildman–Crippen MR) is 128 cm³/mol. The summed E-state index contributed by atoms with van der Waals surface area (Å²) >= 11 is 0. The number of halogens is 1. The van der Waals surface area contributed by atoms with E-state index in [1.165, 1.54) is 0 Å². The molecule has 0 spiro atoms. The summed E-state index contributed by atoms with van der Waals surface area (Å²) in [5.74, 6) is 1.32. The fourth-order valence-electron chi connectivity index (χ4n) is 4.09. The van der Waals surface area contributed by atoms with Crippen molar-refractivity contribution in [2.24, 2.45) is 0 Å². The molecule has 0 radical (unpaired) electrons. The molecule has 2 amide bonds. The topological polar surface area (TPSA) is 120 Å². The van der Waals surface area contributed by atoms with Crippen molar-refractivity contribution in [1.82, 2.24) is 15.3 Å². The SMILES string of the molecule is CC1COCCN1c1nc(-c2ccc(NC(=O)NCCF)cc2)nc2c1CS(O)(O)C2(C)C. The normalized spacial score (nSPS) is 21.9. The highest BCUT2D eigenvalue weighted by Crippen LogP contribution is 2.66. The fraction of sp³-hybridized carbons (Fsp3) is 0.500. The van der Waals surface area contributed by atoms with E-state index in [9.17, 15) is 18.3 Å². The standard InChI is InChI=1S/C22H30FN5O4S/c1-14-12-32-11-10-28(14)20-17-13-33(30,31)22(2,3)18(17)26-19(27-20)15-4-6-16(7-5-15)25-21(29)24-9-8-23/h4-7,14,30-31H,8-13H2,1-3H3,(H2,24,25,29). The Morgan fingerprint density at radius 3 is 2.70 bits per heavy atom. The fourth-order valence-corrected chi connectivity index (χ4v) is 5.59. The smallest absolute Gasteiger partial charge is 0.319 e. The molecule has 1 saturated heterocycles. The largest absolute Gasteiger partial charge is 0.377 e. The number of morpholine rings is 1. The van der Waals surface area contributed by atoms with Crippen molar-refractivity contribution in [2.75, 3.05) is 43.2 Å². The summed E-state index contributed by atoms with van der Waals surface area (Å²) in [6, 6.07) is 6.63. The summed E-state index contributed by atoms with van der Waals surface area (Å²) in [5, 5.41) is 5.06. The van der Waals surface area contributed by atoms with Gasteiger partial charge in [-0.15, -0.1) is 0 Å². The van der Waals surface area contributed by atoms with E-state index in [-0.39, 0.29) is 18.3 Å². The number of urea groups is 1. The lowest BCUT2D eigenvalue weighted by Crippen LogP contribution is -2.44. The number of anilines is 2. The Bertz CT molecular complexity index is 1030. The second kappa shape index (κ2) is 9.05. The Morgan fingerprint density at radius 2 is 2.03 bits per heavy atom.